The molecule has 146 valence electrons. The largest absolute Gasteiger partial charge is 0.345 e. The van der Waals surface area contributed by atoms with Crippen LogP contribution < -0.4 is 5.73 Å². The minimum absolute atomic E-state index is 0.106. The van der Waals surface area contributed by atoms with Crippen molar-refractivity contribution in [2.75, 3.05) is 13.1 Å². The van der Waals surface area contributed by atoms with Crippen LogP contribution in [0.4, 0.5) is 0 Å². The van der Waals surface area contributed by atoms with Gasteiger partial charge in [-0.25, -0.2) is 0 Å². The van der Waals surface area contributed by atoms with Crippen molar-refractivity contribution < 1.29 is 0 Å². The number of allylic oxidation sites excluding steroid dienone is 1. The molecular weight excluding hydrogens is 306 g/mol. The summed E-state index contributed by atoms with van der Waals surface area (Å²) in [6, 6.07) is 0. The fraction of sp³-hybridized carbons (Fsp3) is 0.864. The summed E-state index contributed by atoms with van der Waals surface area (Å²) in [6.45, 7) is 4.17. The van der Waals surface area contributed by atoms with Crippen LogP contribution in [0, 0.1) is 0 Å². The summed E-state index contributed by atoms with van der Waals surface area (Å²) in [5.41, 5.74) is 6.12. The molecule has 0 aromatic heterocycles. The number of nitrogens with two attached hydrogens (primary N) is 1. The van der Waals surface area contributed by atoms with E-state index in [1.807, 2.05) is 6.34 Å². The molecule has 0 amide bonds. The van der Waals surface area contributed by atoms with Gasteiger partial charge in [-0.15, -0.1) is 0 Å². The fourth-order valence-corrected chi connectivity index (χ4v) is 3.41. The van der Waals surface area contributed by atoms with Crippen LogP contribution >= 0.6 is 0 Å². The Morgan fingerprint density at radius 2 is 1.44 bits per heavy atom. The Balaban J connectivity index is 1.75. The number of aliphatic imine (C=N–C) groups is 1. The van der Waals surface area contributed by atoms with Crippen molar-refractivity contribution in [3.8, 4) is 0 Å². The summed E-state index contributed by atoms with van der Waals surface area (Å²) in [5, 5.41) is 0. The van der Waals surface area contributed by atoms with Gasteiger partial charge >= 0.3 is 0 Å². The molecule has 0 aromatic rings. The zero-order valence-corrected chi connectivity index (χ0v) is 16.8. The lowest BCUT2D eigenvalue weighted by Crippen LogP contribution is -2.39. The first kappa shape index (κ1) is 22.2. The highest BCUT2D eigenvalue weighted by atomic mass is 15.3. The Morgan fingerprint density at radius 1 is 0.880 bits per heavy atom. The molecule has 25 heavy (non-hydrogen) atoms. The van der Waals surface area contributed by atoms with Gasteiger partial charge in [-0.3, -0.25) is 4.99 Å². The minimum Gasteiger partial charge on any atom is -0.345 e. The van der Waals surface area contributed by atoms with Crippen LogP contribution in [0.25, 0.3) is 0 Å². The van der Waals surface area contributed by atoms with Gasteiger partial charge in [0.15, 0.2) is 0 Å². The van der Waals surface area contributed by atoms with Gasteiger partial charge in [0.2, 0.25) is 0 Å². The number of unbranched alkanes of at least 4 members (excludes halogenated alkanes) is 13. The van der Waals surface area contributed by atoms with E-state index in [-0.39, 0.29) is 6.17 Å². The monoisotopic (exact) mass is 349 g/mol. The van der Waals surface area contributed by atoms with Crippen LogP contribution in [0.2, 0.25) is 0 Å². The normalized spacial score (nSPS) is 15.5. The molecule has 1 unspecified atom stereocenters. The van der Waals surface area contributed by atoms with Gasteiger partial charge in [-0.05, 0) is 19.3 Å². The van der Waals surface area contributed by atoms with Gasteiger partial charge in [0.25, 0.3) is 0 Å². The summed E-state index contributed by atoms with van der Waals surface area (Å²) in [6.07, 6.45) is 27.2. The molecule has 0 saturated carbocycles. The highest BCUT2D eigenvalue weighted by Crippen LogP contribution is 2.13. The van der Waals surface area contributed by atoms with Gasteiger partial charge < -0.3 is 10.6 Å². The Labute approximate surface area is 157 Å². The molecule has 1 rings (SSSR count). The van der Waals surface area contributed by atoms with Crippen molar-refractivity contribution in [3.63, 3.8) is 0 Å². The summed E-state index contributed by atoms with van der Waals surface area (Å²) < 4.78 is 0. The lowest BCUT2D eigenvalue weighted by atomic mass is 10.0. The SMILES string of the molecule is CCCCCCCCCCCCCCCC=CCC(N)N1C=NCC1. The molecule has 0 aliphatic carbocycles. The summed E-state index contributed by atoms with van der Waals surface area (Å²) in [5.74, 6) is 0. The Kier molecular flexibility index (Phi) is 14.8. The Hall–Kier alpha value is -0.830. The maximum Gasteiger partial charge on any atom is 0.0863 e. The van der Waals surface area contributed by atoms with E-state index in [9.17, 15) is 0 Å². The summed E-state index contributed by atoms with van der Waals surface area (Å²) >= 11 is 0. The quantitative estimate of drug-likeness (QED) is 0.257. The molecule has 1 heterocycles. The van der Waals surface area contributed by atoms with Crippen molar-refractivity contribution in [2.45, 2.75) is 109 Å². The maximum atomic E-state index is 6.12. The molecule has 0 radical (unpaired) electrons. The van der Waals surface area contributed by atoms with Gasteiger partial charge in [-0.1, -0.05) is 96.1 Å². The van der Waals surface area contributed by atoms with Crippen molar-refractivity contribution in [2.24, 2.45) is 10.7 Å². The first-order valence-electron chi connectivity index (χ1n) is 11.0. The van der Waals surface area contributed by atoms with Gasteiger partial charge in [0.1, 0.15) is 0 Å². The van der Waals surface area contributed by atoms with Gasteiger partial charge in [-0.2, -0.15) is 0 Å². The number of nitrogens with zero attached hydrogens (tertiary/aromatic N) is 2. The number of rotatable bonds is 17. The van der Waals surface area contributed by atoms with E-state index in [4.69, 9.17) is 5.73 Å². The average molecular weight is 350 g/mol. The third kappa shape index (κ3) is 13.1. The van der Waals surface area contributed by atoms with E-state index in [0.29, 0.717) is 0 Å². The smallest absolute Gasteiger partial charge is 0.0863 e. The molecule has 0 bridgehead atoms. The van der Waals surface area contributed by atoms with E-state index in [1.165, 1.54) is 89.9 Å². The van der Waals surface area contributed by atoms with Crippen LogP contribution in [0.3, 0.4) is 0 Å². The lowest BCUT2D eigenvalue weighted by molar-refractivity contribution is 0.353. The average Bonchev–Trinajstić information content (AvgIpc) is 3.16. The number of hydrogen-bond acceptors (Lipinski definition) is 3. The van der Waals surface area contributed by atoms with E-state index >= 15 is 0 Å². The van der Waals surface area contributed by atoms with Crippen molar-refractivity contribution in [3.05, 3.63) is 12.2 Å². The van der Waals surface area contributed by atoms with Crippen LogP contribution in [0.15, 0.2) is 17.1 Å². The Bertz CT molecular complexity index is 338. The van der Waals surface area contributed by atoms with Gasteiger partial charge in [0, 0.05) is 6.54 Å². The molecule has 0 aromatic carbocycles. The molecule has 0 fully saturated rings. The first-order valence-corrected chi connectivity index (χ1v) is 11.0. The van der Waals surface area contributed by atoms with E-state index in [2.05, 4.69) is 29.0 Å². The molecule has 1 atom stereocenters. The van der Waals surface area contributed by atoms with E-state index < -0.39 is 0 Å². The summed E-state index contributed by atoms with van der Waals surface area (Å²) in [4.78, 5) is 6.34. The molecule has 0 spiro atoms. The summed E-state index contributed by atoms with van der Waals surface area (Å²) in [7, 11) is 0. The third-order valence-corrected chi connectivity index (χ3v) is 5.16. The zero-order chi connectivity index (χ0) is 18.0. The second-order valence-corrected chi connectivity index (χ2v) is 7.57. The van der Waals surface area contributed by atoms with Crippen LogP contribution in [0.1, 0.15) is 103 Å². The highest BCUT2D eigenvalue weighted by molar-refractivity contribution is 5.57. The fourth-order valence-electron chi connectivity index (χ4n) is 3.41. The van der Waals surface area contributed by atoms with E-state index in [0.717, 1.165) is 19.5 Å². The zero-order valence-electron chi connectivity index (χ0n) is 16.8. The highest BCUT2D eigenvalue weighted by Gasteiger charge is 2.11. The maximum absolute atomic E-state index is 6.12. The second-order valence-electron chi connectivity index (χ2n) is 7.57. The first-order chi connectivity index (χ1) is 12.3. The Morgan fingerprint density at radius 3 is 1.96 bits per heavy atom. The van der Waals surface area contributed by atoms with Crippen LogP contribution in [-0.2, 0) is 0 Å². The molecule has 2 N–H and O–H groups in total. The van der Waals surface area contributed by atoms with Crippen LogP contribution in [0.5, 0.6) is 0 Å². The topological polar surface area (TPSA) is 41.6 Å². The molecule has 3 nitrogen and oxygen atoms in total. The molecule has 0 saturated heterocycles. The van der Waals surface area contributed by atoms with E-state index in [1.54, 1.807) is 0 Å². The number of hydrogen-bond donors (Lipinski definition) is 1. The van der Waals surface area contributed by atoms with Crippen molar-refractivity contribution in [1.29, 1.82) is 0 Å². The second kappa shape index (κ2) is 16.6. The molecule has 1 aliphatic heterocycles. The predicted octanol–water partition coefficient (Wildman–Crippen LogP) is 6.04. The van der Waals surface area contributed by atoms with Crippen molar-refractivity contribution in [1.82, 2.24) is 4.90 Å². The van der Waals surface area contributed by atoms with Crippen LogP contribution in [-0.4, -0.2) is 30.5 Å². The molecule has 3 heteroatoms. The predicted molar refractivity (Wildman–Crippen MR) is 112 cm³/mol. The van der Waals surface area contributed by atoms with Gasteiger partial charge in [0.05, 0.1) is 19.0 Å². The standard InChI is InChI=1S/C22H43N3/c1-2-3-4-5-6-7-8-9-10-11-12-13-14-15-16-17-18-22(23)25-20-19-24-21-25/h16-17,21-22H,2-15,18-20,23H2,1H3. The minimum atomic E-state index is 0.106. The van der Waals surface area contributed by atoms with Crippen molar-refractivity contribution >= 4 is 6.34 Å². The molecule has 1 aliphatic rings. The lowest BCUT2D eigenvalue weighted by Gasteiger charge is -2.21. The molecular formula is C22H43N3. The third-order valence-electron chi connectivity index (χ3n) is 5.16.